The minimum absolute atomic E-state index is 0.00185. The Morgan fingerprint density at radius 2 is 1.75 bits per heavy atom. The second-order valence-electron chi connectivity index (χ2n) is 7.78. The van der Waals surface area contributed by atoms with Gasteiger partial charge in [-0.3, -0.25) is 4.79 Å². The first-order chi connectivity index (χ1) is 14.9. The molecule has 174 valence electrons. The number of amides is 1. The van der Waals surface area contributed by atoms with Gasteiger partial charge in [0.2, 0.25) is 20.0 Å². The molecule has 1 aliphatic rings. The molecular formula is C21H27N3O6S2. The van der Waals surface area contributed by atoms with Crippen LogP contribution in [0.1, 0.15) is 36.7 Å². The summed E-state index contributed by atoms with van der Waals surface area (Å²) in [6, 6.07) is 10.2. The van der Waals surface area contributed by atoms with Crippen molar-refractivity contribution in [2.45, 2.75) is 49.2 Å². The van der Waals surface area contributed by atoms with E-state index in [0.717, 1.165) is 0 Å². The maximum Gasteiger partial charge on any atom is 0.255 e. The fourth-order valence-corrected chi connectivity index (χ4v) is 6.17. The van der Waals surface area contributed by atoms with Crippen LogP contribution in [0.5, 0.6) is 0 Å². The van der Waals surface area contributed by atoms with Crippen molar-refractivity contribution in [1.29, 1.82) is 0 Å². The van der Waals surface area contributed by atoms with E-state index in [1.165, 1.54) is 34.6 Å². The fourth-order valence-electron chi connectivity index (χ4n) is 3.67. The highest BCUT2D eigenvalue weighted by Crippen LogP contribution is 2.24. The van der Waals surface area contributed by atoms with Crippen LogP contribution >= 0.6 is 0 Å². The second kappa shape index (κ2) is 9.28. The average molecular weight is 482 g/mol. The van der Waals surface area contributed by atoms with Gasteiger partial charge in [-0.1, -0.05) is 19.1 Å². The summed E-state index contributed by atoms with van der Waals surface area (Å²) in [5, 5.41) is 7.89. The SMILES string of the molecule is CCc1ccc(NC(=O)c2cccc(S(=O)(=O)N3CC(C)OC(C)C3)c2)cc1S(N)(=O)=O. The molecule has 0 radical (unpaired) electrons. The third kappa shape index (κ3) is 5.36. The lowest BCUT2D eigenvalue weighted by Crippen LogP contribution is -2.48. The third-order valence-electron chi connectivity index (χ3n) is 5.13. The zero-order valence-electron chi connectivity index (χ0n) is 18.1. The Morgan fingerprint density at radius 3 is 2.34 bits per heavy atom. The summed E-state index contributed by atoms with van der Waals surface area (Å²) >= 11 is 0. The number of nitrogens with zero attached hydrogens (tertiary/aromatic N) is 1. The Kier molecular flexibility index (Phi) is 7.06. The summed E-state index contributed by atoms with van der Waals surface area (Å²) in [6.45, 7) is 5.86. The van der Waals surface area contributed by atoms with E-state index < -0.39 is 26.0 Å². The van der Waals surface area contributed by atoms with E-state index in [9.17, 15) is 21.6 Å². The molecular weight excluding hydrogens is 454 g/mol. The number of anilines is 1. The van der Waals surface area contributed by atoms with Crippen molar-refractivity contribution in [3.63, 3.8) is 0 Å². The van der Waals surface area contributed by atoms with Crippen molar-refractivity contribution < 1.29 is 26.4 Å². The Bertz CT molecular complexity index is 1220. The number of rotatable bonds is 6. The Balaban J connectivity index is 1.86. The quantitative estimate of drug-likeness (QED) is 0.647. The van der Waals surface area contributed by atoms with E-state index in [4.69, 9.17) is 9.88 Å². The molecule has 3 N–H and O–H groups in total. The van der Waals surface area contributed by atoms with Crippen molar-refractivity contribution in [3.8, 4) is 0 Å². The minimum atomic E-state index is -3.96. The van der Waals surface area contributed by atoms with Crippen LogP contribution in [0.25, 0.3) is 0 Å². The van der Waals surface area contributed by atoms with Gasteiger partial charge >= 0.3 is 0 Å². The van der Waals surface area contributed by atoms with Crippen LogP contribution in [0, 0.1) is 0 Å². The van der Waals surface area contributed by atoms with Crippen LogP contribution in [0.4, 0.5) is 5.69 Å². The van der Waals surface area contributed by atoms with Crippen LogP contribution in [0.2, 0.25) is 0 Å². The summed E-state index contributed by atoms with van der Waals surface area (Å²) in [4.78, 5) is 12.7. The number of hydrogen-bond donors (Lipinski definition) is 2. The number of hydrogen-bond acceptors (Lipinski definition) is 6. The molecule has 9 nitrogen and oxygen atoms in total. The molecule has 0 aromatic heterocycles. The van der Waals surface area contributed by atoms with Gasteiger partial charge in [-0.15, -0.1) is 0 Å². The largest absolute Gasteiger partial charge is 0.373 e. The molecule has 0 aliphatic carbocycles. The van der Waals surface area contributed by atoms with Crippen LogP contribution in [-0.2, 0) is 31.2 Å². The standard InChI is InChI=1S/C21H27N3O6S2/c1-4-16-8-9-18(11-20(16)31(22,26)27)23-21(25)17-6-5-7-19(10-17)32(28,29)24-12-14(2)30-15(3)13-24/h5-11,14-15H,4,12-13H2,1-3H3,(H,23,25)(H2,22,26,27). The molecule has 0 spiro atoms. The zero-order valence-corrected chi connectivity index (χ0v) is 19.7. The number of sulfonamides is 2. The number of nitrogens with two attached hydrogens (primary N) is 1. The summed E-state index contributed by atoms with van der Waals surface area (Å²) in [5.41, 5.74) is 0.894. The Labute approximate surface area is 188 Å². The molecule has 2 aromatic rings. The van der Waals surface area contributed by atoms with E-state index in [1.54, 1.807) is 19.1 Å². The smallest absolute Gasteiger partial charge is 0.255 e. The van der Waals surface area contributed by atoms with Crippen molar-refractivity contribution in [2.75, 3.05) is 18.4 Å². The van der Waals surface area contributed by atoms with Crippen LogP contribution in [0.15, 0.2) is 52.3 Å². The van der Waals surface area contributed by atoms with E-state index in [1.807, 2.05) is 13.8 Å². The van der Waals surface area contributed by atoms with Gasteiger partial charge in [0, 0.05) is 24.3 Å². The molecule has 11 heteroatoms. The lowest BCUT2D eigenvalue weighted by Gasteiger charge is -2.34. The van der Waals surface area contributed by atoms with Gasteiger partial charge in [-0.25, -0.2) is 22.0 Å². The number of carbonyl (C=O) groups excluding carboxylic acids is 1. The van der Waals surface area contributed by atoms with Gasteiger partial charge < -0.3 is 10.1 Å². The van der Waals surface area contributed by atoms with Crippen molar-refractivity contribution in [3.05, 3.63) is 53.6 Å². The number of ether oxygens (including phenoxy) is 1. The highest BCUT2D eigenvalue weighted by Gasteiger charge is 2.32. The van der Waals surface area contributed by atoms with Gasteiger partial charge in [0.1, 0.15) is 0 Å². The van der Waals surface area contributed by atoms with Crippen molar-refractivity contribution >= 4 is 31.6 Å². The Morgan fingerprint density at radius 1 is 1.09 bits per heavy atom. The number of benzene rings is 2. The van der Waals surface area contributed by atoms with Gasteiger partial charge in [0.25, 0.3) is 5.91 Å². The highest BCUT2D eigenvalue weighted by atomic mass is 32.2. The maximum absolute atomic E-state index is 13.1. The lowest BCUT2D eigenvalue weighted by atomic mass is 10.1. The van der Waals surface area contributed by atoms with E-state index in [-0.39, 0.29) is 46.3 Å². The molecule has 1 fully saturated rings. The van der Waals surface area contributed by atoms with Crippen LogP contribution in [0.3, 0.4) is 0 Å². The number of nitrogens with one attached hydrogen (secondary N) is 1. The molecule has 1 aliphatic heterocycles. The van der Waals surface area contributed by atoms with Gasteiger partial charge in [0.05, 0.1) is 22.0 Å². The molecule has 0 saturated carbocycles. The van der Waals surface area contributed by atoms with Crippen LogP contribution < -0.4 is 10.5 Å². The van der Waals surface area contributed by atoms with E-state index in [2.05, 4.69) is 5.32 Å². The molecule has 0 bridgehead atoms. The molecule has 1 heterocycles. The third-order valence-corrected chi connectivity index (χ3v) is 7.95. The van der Waals surface area contributed by atoms with Crippen molar-refractivity contribution in [1.82, 2.24) is 4.31 Å². The molecule has 1 saturated heterocycles. The number of primary sulfonamides is 1. The van der Waals surface area contributed by atoms with E-state index in [0.29, 0.717) is 12.0 Å². The average Bonchev–Trinajstić information content (AvgIpc) is 2.72. The predicted octanol–water partition coefficient (Wildman–Crippen LogP) is 1.95. The summed E-state index contributed by atoms with van der Waals surface area (Å²) in [6.07, 6.45) is -0.0168. The second-order valence-corrected chi connectivity index (χ2v) is 11.3. The molecule has 3 rings (SSSR count). The normalized spacial score (nSPS) is 20.1. The first kappa shape index (κ1) is 24.3. The molecule has 2 atom stereocenters. The van der Waals surface area contributed by atoms with Gasteiger partial charge in [-0.2, -0.15) is 4.31 Å². The molecule has 2 unspecified atom stereocenters. The number of aryl methyl sites for hydroxylation is 1. The number of morpholine rings is 1. The molecule has 1 amide bonds. The zero-order chi connectivity index (χ0) is 23.7. The molecule has 32 heavy (non-hydrogen) atoms. The van der Waals surface area contributed by atoms with Gasteiger partial charge in [-0.05, 0) is 56.2 Å². The summed E-state index contributed by atoms with van der Waals surface area (Å²) in [5.74, 6) is -0.574. The first-order valence-corrected chi connectivity index (χ1v) is 13.1. The fraction of sp³-hybridized carbons (Fsp3) is 0.381. The van der Waals surface area contributed by atoms with Crippen LogP contribution in [-0.4, -0.2) is 52.3 Å². The maximum atomic E-state index is 13.1. The van der Waals surface area contributed by atoms with Crippen molar-refractivity contribution in [2.24, 2.45) is 5.14 Å². The summed E-state index contributed by atoms with van der Waals surface area (Å²) in [7, 11) is -7.78. The monoisotopic (exact) mass is 481 g/mol. The van der Waals surface area contributed by atoms with Gasteiger partial charge in [0.15, 0.2) is 0 Å². The lowest BCUT2D eigenvalue weighted by molar-refractivity contribution is -0.0440. The first-order valence-electron chi connectivity index (χ1n) is 10.1. The van der Waals surface area contributed by atoms with E-state index >= 15 is 0 Å². The molecule has 2 aromatic carbocycles. The number of carbonyl (C=O) groups is 1. The Hall–Kier alpha value is -2.31. The predicted molar refractivity (Wildman–Crippen MR) is 120 cm³/mol. The topological polar surface area (TPSA) is 136 Å². The highest BCUT2D eigenvalue weighted by molar-refractivity contribution is 7.89. The summed E-state index contributed by atoms with van der Waals surface area (Å²) < 4.78 is 56.9. The minimum Gasteiger partial charge on any atom is -0.373 e.